The van der Waals surface area contributed by atoms with Crippen molar-refractivity contribution in [3.05, 3.63) is 0 Å². The lowest BCUT2D eigenvalue weighted by Crippen LogP contribution is -2.63. The van der Waals surface area contributed by atoms with Crippen LogP contribution in [0, 0.1) is 5.41 Å². The molecule has 0 aromatic heterocycles. The van der Waals surface area contributed by atoms with Crippen LogP contribution in [-0.4, -0.2) is 58.8 Å². The topological polar surface area (TPSA) is 74.3 Å². The minimum absolute atomic E-state index is 0.174. The third-order valence-corrected chi connectivity index (χ3v) is 7.33. The summed E-state index contributed by atoms with van der Waals surface area (Å²) in [5.41, 5.74) is -0.174. The standard InChI is InChI=1S/C11H23OS.C4HF9O3S/c1-10(2,3)9(12)8-13(7)11(4,5)6;5-1(6,3(9,10)11)2(7,8)4(12,13)17(14,15)16/h8H2,1-7H3;(H,14,15,16)/q+1;/p-1. The third-order valence-electron chi connectivity index (χ3n) is 3.66. The van der Waals surface area contributed by atoms with Gasteiger partial charge in [0.25, 0.3) is 0 Å². The number of Topliss-reactive ketones (excluding diaryl/α,β-unsaturated/α-hetero) is 1. The molecule has 0 N–H and O–H groups in total. The Bertz CT molecular complexity index is 703. The van der Waals surface area contributed by atoms with Gasteiger partial charge in [0.15, 0.2) is 21.7 Å². The molecule has 0 spiro atoms. The molecule has 0 bridgehead atoms. The number of rotatable bonds is 5. The van der Waals surface area contributed by atoms with E-state index < -0.39 is 33.4 Å². The minimum atomic E-state index is -7.43. The van der Waals surface area contributed by atoms with Gasteiger partial charge in [0.2, 0.25) is 0 Å². The summed E-state index contributed by atoms with van der Waals surface area (Å²) in [6, 6.07) is 0. The van der Waals surface area contributed by atoms with Crippen LogP contribution in [0.25, 0.3) is 0 Å². The van der Waals surface area contributed by atoms with Gasteiger partial charge < -0.3 is 4.55 Å². The first kappa shape index (κ1) is 31.5. The summed E-state index contributed by atoms with van der Waals surface area (Å²) in [5.74, 6) is -13.7. The van der Waals surface area contributed by atoms with Gasteiger partial charge in [-0.3, -0.25) is 4.79 Å². The van der Waals surface area contributed by atoms with Crippen molar-refractivity contribution in [2.24, 2.45) is 5.41 Å². The van der Waals surface area contributed by atoms with Gasteiger partial charge in [0.1, 0.15) is 4.75 Å². The summed E-state index contributed by atoms with van der Waals surface area (Å²) in [4.78, 5) is 11.7. The molecule has 0 aliphatic rings. The molecule has 0 radical (unpaired) electrons. The number of hydrogen-bond acceptors (Lipinski definition) is 4. The lowest BCUT2D eigenvalue weighted by Gasteiger charge is -2.34. The molecule has 4 nitrogen and oxygen atoms in total. The fourth-order valence-corrected chi connectivity index (χ4v) is 2.85. The zero-order valence-electron chi connectivity index (χ0n) is 17.1. The second-order valence-corrected chi connectivity index (χ2v) is 12.4. The zero-order chi connectivity index (χ0) is 25.4. The molecule has 0 aromatic rings. The van der Waals surface area contributed by atoms with Crippen molar-refractivity contribution in [3.63, 3.8) is 0 Å². The first-order valence-electron chi connectivity index (χ1n) is 7.86. The van der Waals surface area contributed by atoms with Gasteiger partial charge >= 0.3 is 23.3 Å². The van der Waals surface area contributed by atoms with E-state index >= 15 is 0 Å². The predicted molar refractivity (Wildman–Crippen MR) is 93.0 cm³/mol. The second kappa shape index (κ2) is 9.04. The van der Waals surface area contributed by atoms with E-state index in [0.717, 1.165) is 5.75 Å². The average Bonchev–Trinajstić information content (AvgIpc) is 2.42. The summed E-state index contributed by atoms with van der Waals surface area (Å²) >= 11 is 0. The highest BCUT2D eigenvalue weighted by molar-refractivity contribution is 7.98. The molecule has 0 saturated heterocycles. The van der Waals surface area contributed by atoms with Gasteiger partial charge in [-0.05, 0) is 31.7 Å². The fourth-order valence-electron chi connectivity index (χ4n) is 1.15. The van der Waals surface area contributed by atoms with E-state index in [-0.39, 0.29) is 21.1 Å². The molecule has 0 aromatic carbocycles. The molecule has 0 aliphatic carbocycles. The van der Waals surface area contributed by atoms with Gasteiger partial charge in [-0.1, -0.05) is 20.8 Å². The summed E-state index contributed by atoms with van der Waals surface area (Å²) in [6.45, 7) is 12.6. The van der Waals surface area contributed by atoms with Gasteiger partial charge in [0, 0.05) is 5.41 Å². The molecule has 1 unspecified atom stereocenters. The van der Waals surface area contributed by atoms with E-state index in [2.05, 4.69) is 27.0 Å². The molecule has 0 aliphatic heterocycles. The van der Waals surface area contributed by atoms with Gasteiger partial charge in [0.05, 0.1) is 6.26 Å². The van der Waals surface area contributed by atoms with E-state index in [0.29, 0.717) is 5.78 Å². The van der Waals surface area contributed by atoms with Crippen molar-refractivity contribution in [1.82, 2.24) is 0 Å². The minimum Gasteiger partial charge on any atom is -0.743 e. The van der Waals surface area contributed by atoms with E-state index in [9.17, 15) is 57.3 Å². The van der Waals surface area contributed by atoms with Gasteiger partial charge in [-0.15, -0.1) is 0 Å². The van der Waals surface area contributed by atoms with Crippen LogP contribution < -0.4 is 0 Å². The highest BCUT2D eigenvalue weighted by Crippen LogP contribution is 2.54. The Morgan fingerprint density at radius 2 is 1.13 bits per heavy atom. The Balaban J connectivity index is 0. The average molecular weight is 502 g/mol. The van der Waals surface area contributed by atoms with Crippen LogP contribution in [0.1, 0.15) is 41.5 Å². The highest BCUT2D eigenvalue weighted by atomic mass is 32.2. The summed E-state index contributed by atoms with van der Waals surface area (Å²) in [5, 5.41) is -7.11. The molecule has 1 atom stereocenters. The fraction of sp³-hybridized carbons (Fsp3) is 0.933. The maximum Gasteiger partial charge on any atom is 0.460 e. The Morgan fingerprint density at radius 3 is 1.33 bits per heavy atom. The quantitative estimate of drug-likeness (QED) is 0.313. The second-order valence-electron chi connectivity index (χ2n) is 8.18. The van der Waals surface area contributed by atoms with Crippen LogP contribution in [0.4, 0.5) is 39.5 Å². The lowest BCUT2D eigenvalue weighted by molar-refractivity contribution is -0.382. The highest BCUT2D eigenvalue weighted by Gasteiger charge is 2.83. The van der Waals surface area contributed by atoms with Crippen molar-refractivity contribution >= 4 is 26.8 Å². The van der Waals surface area contributed by atoms with E-state index in [1.165, 1.54) is 0 Å². The molecule has 0 fully saturated rings. The number of carbonyl (C=O) groups excluding carboxylic acids is 1. The molecule has 15 heteroatoms. The first-order valence-corrected chi connectivity index (χ1v) is 11.1. The summed E-state index contributed by atoms with van der Waals surface area (Å²) in [7, 11) is -7.23. The van der Waals surface area contributed by atoms with Crippen LogP contribution in [0.3, 0.4) is 0 Å². The largest absolute Gasteiger partial charge is 0.743 e. The van der Waals surface area contributed by atoms with Gasteiger partial charge in [-0.25, -0.2) is 8.42 Å². The van der Waals surface area contributed by atoms with Crippen LogP contribution in [-0.2, 0) is 25.8 Å². The monoisotopic (exact) mass is 502 g/mol. The summed E-state index contributed by atoms with van der Waals surface area (Å²) in [6.07, 6.45) is -4.98. The number of halogens is 9. The number of ketones is 1. The van der Waals surface area contributed by atoms with Gasteiger partial charge in [-0.2, -0.15) is 39.5 Å². The molecular weight excluding hydrogens is 479 g/mol. The van der Waals surface area contributed by atoms with Crippen LogP contribution in [0.5, 0.6) is 0 Å². The van der Waals surface area contributed by atoms with Crippen LogP contribution >= 0.6 is 0 Å². The van der Waals surface area contributed by atoms with Crippen molar-refractivity contribution < 1.29 is 57.3 Å². The molecule has 182 valence electrons. The summed E-state index contributed by atoms with van der Waals surface area (Å²) < 4.78 is 136. The Morgan fingerprint density at radius 1 is 0.800 bits per heavy atom. The zero-order valence-corrected chi connectivity index (χ0v) is 18.7. The molecule has 30 heavy (non-hydrogen) atoms. The van der Waals surface area contributed by atoms with Crippen LogP contribution in [0.2, 0.25) is 0 Å². The Labute approximate surface area is 171 Å². The SMILES string of the molecule is C[S+](CC(=O)C(C)(C)C)C(C)(C)C.O=S(=O)([O-])C(F)(F)C(F)(F)C(F)(F)C(F)(F)F. The number of hydrogen-bond donors (Lipinski definition) is 0. The van der Waals surface area contributed by atoms with Crippen molar-refractivity contribution in [2.45, 2.75) is 69.6 Å². The molecule has 0 amide bonds. The predicted octanol–water partition coefficient (Wildman–Crippen LogP) is 4.61. The molecule has 0 rings (SSSR count). The molecular formula is C15H23F9O4S2. The smallest absolute Gasteiger partial charge is 0.460 e. The van der Waals surface area contributed by atoms with Crippen molar-refractivity contribution in [3.8, 4) is 0 Å². The Kier molecular flexibility index (Phi) is 9.49. The maximum absolute atomic E-state index is 12.2. The molecule has 0 saturated carbocycles. The number of carbonyl (C=O) groups is 1. The van der Waals surface area contributed by atoms with E-state index in [1.807, 2.05) is 20.8 Å². The lowest BCUT2D eigenvalue weighted by atomic mass is 9.92. The normalized spacial score (nSPS) is 15.9. The maximum atomic E-state index is 12.2. The van der Waals surface area contributed by atoms with E-state index in [1.54, 1.807) is 0 Å². The third kappa shape index (κ3) is 7.18. The first-order chi connectivity index (χ1) is 12.5. The Hall–Kier alpha value is -0.700. The number of alkyl halides is 9. The van der Waals surface area contributed by atoms with Crippen molar-refractivity contribution in [2.75, 3.05) is 12.0 Å². The van der Waals surface area contributed by atoms with Crippen molar-refractivity contribution in [1.29, 1.82) is 0 Å². The van der Waals surface area contributed by atoms with E-state index in [4.69, 9.17) is 0 Å². The van der Waals surface area contributed by atoms with Crippen LogP contribution in [0.15, 0.2) is 0 Å². The molecule has 0 heterocycles.